The van der Waals surface area contributed by atoms with E-state index in [0.29, 0.717) is 5.75 Å². The van der Waals surface area contributed by atoms with Crippen LogP contribution in [0, 0.1) is 5.41 Å². The van der Waals surface area contributed by atoms with Gasteiger partial charge in [0.05, 0.1) is 7.11 Å². The monoisotopic (exact) mass is 293 g/mol. The Morgan fingerprint density at radius 3 is 2.05 bits per heavy atom. The molecule has 0 aliphatic heterocycles. The average molecular weight is 293 g/mol. The standard InChI is InChI=1S/C17H27NO3/c1-16(2,3)12-17(4,5)18-15(19)11-21-14-9-7-13(20-6)8-10-14/h7-10H,11-12H2,1-6H3,(H,18,19). The number of nitrogens with one attached hydrogen (secondary N) is 1. The molecule has 0 aliphatic carbocycles. The van der Waals surface area contributed by atoms with Gasteiger partial charge in [-0.3, -0.25) is 4.79 Å². The molecule has 0 fully saturated rings. The Bertz CT molecular complexity index is 458. The maximum Gasteiger partial charge on any atom is 0.258 e. The zero-order valence-corrected chi connectivity index (χ0v) is 13.9. The van der Waals surface area contributed by atoms with Crippen LogP contribution in [0.3, 0.4) is 0 Å². The van der Waals surface area contributed by atoms with Gasteiger partial charge >= 0.3 is 0 Å². The van der Waals surface area contributed by atoms with E-state index < -0.39 is 0 Å². The Labute approximate surface area is 127 Å². The van der Waals surface area contributed by atoms with Crippen molar-refractivity contribution >= 4 is 5.91 Å². The van der Waals surface area contributed by atoms with Gasteiger partial charge in [0.1, 0.15) is 11.5 Å². The minimum atomic E-state index is -0.251. The molecule has 4 nitrogen and oxygen atoms in total. The second kappa shape index (κ2) is 6.83. The second-order valence-electron chi connectivity index (χ2n) is 7.13. The number of ether oxygens (including phenoxy) is 2. The van der Waals surface area contributed by atoms with Gasteiger partial charge in [0.2, 0.25) is 0 Å². The lowest BCUT2D eigenvalue weighted by molar-refractivity contribution is -0.125. The lowest BCUT2D eigenvalue weighted by Gasteiger charge is -2.33. The van der Waals surface area contributed by atoms with Crippen LogP contribution in [0.15, 0.2) is 24.3 Å². The number of amides is 1. The summed E-state index contributed by atoms with van der Waals surface area (Å²) in [7, 11) is 1.61. The molecule has 1 amide bonds. The maximum absolute atomic E-state index is 12.0. The molecule has 0 heterocycles. The fourth-order valence-electron chi connectivity index (χ4n) is 2.60. The zero-order chi connectivity index (χ0) is 16.1. The van der Waals surface area contributed by atoms with Crippen molar-refractivity contribution in [2.24, 2.45) is 5.41 Å². The van der Waals surface area contributed by atoms with Gasteiger partial charge in [0.15, 0.2) is 6.61 Å². The first-order valence-electron chi connectivity index (χ1n) is 7.19. The Morgan fingerprint density at radius 1 is 1.05 bits per heavy atom. The van der Waals surface area contributed by atoms with E-state index >= 15 is 0 Å². The van der Waals surface area contributed by atoms with Gasteiger partial charge in [0.25, 0.3) is 5.91 Å². The molecular weight excluding hydrogens is 266 g/mol. The van der Waals surface area contributed by atoms with E-state index in [0.717, 1.165) is 12.2 Å². The Hall–Kier alpha value is -1.71. The highest BCUT2D eigenvalue weighted by Gasteiger charge is 2.26. The van der Waals surface area contributed by atoms with Crippen molar-refractivity contribution in [3.8, 4) is 11.5 Å². The molecule has 0 saturated heterocycles. The average Bonchev–Trinajstić information content (AvgIpc) is 2.33. The molecule has 0 aromatic heterocycles. The molecule has 0 saturated carbocycles. The lowest BCUT2D eigenvalue weighted by atomic mass is 9.82. The minimum absolute atomic E-state index is 0.0138. The first-order valence-corrected chi connectivity index (χ1v) is 7.19. The molecule has 1 rings (SSSR count). The van der Waals surface area contributed by atoms with Crippen molar-refractivity contribution < 1.29 is 14.3 Å². The van der Waals surface area contributed by atoms with Crippen molar-refractivity contribution in [1.29, 1.82) is 0 Å². The Kier molecular flexibility index (Phi) is 5.64. The van der Waals surface area contributed by atoms with Gasteiger partial charge in [-0.1, -0.05) is 20.8 Å². The van der Waals surface area contributed by atoms with E-state index in [9.17, 15) is 4.79 Å². The number of carbonyl (C=O) groups excluding carboxylic acids is 1. The van der Waals surface area contributed by atoms with Gasteiger partial charge < -0.3 is 14.8 Å². The van der Waals surface area contributed by atoms with Gasteiger partial charge in [-0.2, -0.15) is 0 Å². The Balaban J connectivity index is 2.46. The van der Waals surface area contributed by atoms with Gasteiger partial charge in [-0.15, -0.1) is 0 Å². The van der Waals surface area contributed by atoms with Crippen molar-refractivity contribution in [2.75, 3.05) is 13.7 Å². The van der Waals surface area contributed by atoms with Crippen molar-refractivity contribution in [3.05, 3.63) is 24.3 Å². The quantitative estimate of drug-likeness (QED) is 0.874. The largest absolute Gasteiger partial charge is 0.497 e. The van der Waals surface area contributed by atoms with Crippen LogP contribution in [0.5, 0.6) is 11.5 Å². The summed E-state index contributed by atoms with van der Waals surface area (Å²) >= 11 is 0. The van der Waals surface area contributed by atoms with Gasteiger partial charge in [0, 0.05) is 5.54 Å². The molecule has 0 unspecified atom stereocenters. The van der Waals surface area contributed by atoms with Crippen molar-refractivity contribution in [3.63, 3.8) is 0 Å². The smallest absolute Gasteiger partial charge is 0.258 e. The predicted octanol–water partition coefficient (Wildman–Crippen LogP) is 3.41. The fourth-order valence-corrected chi connectivity index (χ4v) is 2.60. The van der Waals surface area contributed by atoms with Crippen molar-refractivity contribution in [2.45, 2.75) is 46.6 Å². The topological polar surface area (TPSA) is 47.6 Å². The first kappa shape index (κ1) is 17.3. The summed E-state index contributed by atoms with van der Waals surface area (Å²) in [6.45, 7) is 10.6. The highest BCUT2D eigenvalue weighted by Crippen LogP contribution is 2.26. The number of carbonyl (C=O) groups is 1. The third-order valence-corrected chi connectivity index (χ3v) is 2.88. The molecule has 0 aliphatic rings. The molecule has 118 valence electrons. The van der Waals surface area contributed by atoms with Crippen LogP contribution in [-0.2, 0) is 4.79 Å². The van der Waals surface area contributed by atoms with E-state index in [2.05, 4.69) is 26.1 Å². The fraction of sp³-hybridized carbons (Fsp3) is 0.588. The number of hydrogen-bond acceptors (Lipinski definition) is 3. The van der Waals surface area contributed by atoms with E-state index in [1.54, 1.807) is 31.4 Å². The summed E-state index contributed by atoms with van der Waals surface area (Å²) < 4.78 is 10.5. The van der Waals surface area contributed by atoms with Crippen LogP contribution in [-0.4, -0.2) is 25.2 Å². The van der Waals surface area contributed by atoms with Crippen LogP contribution in [0.4, 0.5) is 0 Å². The third-order valence-electron chi connectivity index (χ3n) is 2.88. The normalized spacial score (nSPS) is 11.9. The minimum Gasteiger partial charge on any atom is -0.497 e. The lowest BCUT2D eigenvalue weighted by Crippen LogP contribution is -2.47. The van der Waals surface area contributed by atoms with Crippen LogP contribution >= 0.6 is 0 Å². The summed E-state index contributed by atoms with van der Waals surface area (Å²) in [5.74, 6) is 1.30. The van der Waals surface area contributed by atoms with E-state index in [1.165, 1.54) is 0 Å². The van der Waals surface area contributed by atoms with Crippen LogP contribution in [0.2, 0.25) is 0 Å². The van der Waals surface area contributed by atoms with Crippen LogP contribution in [0.1, 0.15) is 41.0 Å². The molecular formula is C17H27NO3. The number of benzene rings is 1. The third kappa shape index (κ3) is 7.02. The first-order chi connectivity index (χ1) is 9.61. The summed E-state index contributed by atoms with van der Waals surface area (Å²) in [6, 6.07) is 7.17. The summed E-state index contributed by atoms with van der Waals surface area (Å²) in [6.07, 6.45) is 0.897. The molecule has 0 bridgehead atoms. The summed E-state index contributed by atoms with van der Waals surface area (Å²) in [5, 5.41) is 3.02. The summed E-state index contributed by atoms with van der Waals surface area (Å²) in [4.78, 5) is 12.0. The van der Waals surface area contributed by atoms with E-state index in [-0.39, 0.29) is 23.5 Å². The SMILES string of the molecule is COc1ccc(OCC(=O)NC(C)(C)CC(C)(C)C)cc1. The highest BCUT2D eigenvalue weighted by atomic mass is 16.5. The molecule has 4 heteroatoms. The second-order valence-corrected chi connectivity index (χ2v) is 7.13. The zero-order valence-electron chi connectivity index (χ0n) is 13.9. The highest BCUT2D eigenvalue weighted by molar-refractivity contribution is 5.78. The molecule has 0 spiro atoms. The van der Waals surface area contributed by atoms with Crippen LogP contribution < -0.4 is 14.8 Å². The molecule has 21 heavy (non-hydrogen) atoms. The molecule has 0 radical (unpaired) electrons. The van der Waals surface area contributed by atoms with E-state index in [4.69, 9.17) is 9.47 Å². The van der Waals surface area contributed by atoms with E-state index in [1.807, 2.05) is 13.8 Å². The Morgan fingerprint density at radius 2 is 1.57 bits per heavy atom. The van der Waals surface area contributed by atoms with Gasteiger partial charge in [-0.25, -0.2) is 0 Å². The number of hydrogen-bond donors (Lipinski definition) is 1. The molecule has 1 aromatic carbocycles. The summed E-state index contributed by atoms with van der Waals surface area (Å²) in [5.41, 5.74) is -0.0910. The maximum atomic E-state index is 12.0. The van der Waals surface area contributed by atoms with Crippen molar-refractivity contribution in [1.82, 2.24) is 5.32 Å². The molecule has 1 aromatic rings. The van der Waals surface area contributed by atoms with Crippen LogP contribution in [0.25, 0.3) is 0 Å². The molecule has 1 N–H and O–H groups in total. The number of rotatable bonds is 6. The molecule has 0 atom stereocenters. The van der Waals surface area contributed by atoms with Gasteiger partial charge in [-0.05, 0) is 49.9 Å². The number of methoxy groups -OCH3 is 1. The predicted molar refractivity (Wildman–Crippen MR) is 84.8 cm³/mol.